The molecule has 0 saturated carbocycles. The largest absolute Gasteiger partial charge is 0.462 e. The average molecular weight is 400 g/mol. The first-order chi connectivity index (χ1) is 13.4. The number of thiophene rings is 1. The van der Waals surface area contributed by atoms with Crippen LogP contribution in [0.1, 0.15) is 50.6 Å². The van der Waals surface area contributed by atoms with E-state index in [4.69, 9.17) is 14.7 Å². The van der Waals surface area contributed by atoms with E-state index in [1.54, 1.807) is 26.0 Å². The Balaban J connectivity index is 2.07. The summed E-state index contributed by atoms with van der Waals surface area (Å²) in [5.41, 5.74) is 1.59. The van der Waals surface area contributed by atoms with Crippen molar-refractivity contribution in [3.63, 3.8) is 0 Å². The van der Waals surface area contributed by atoms with E-state index in [9.17, 15) is 14.4 Å². The van der Waals surface area contributed by atoms with Crippen LogP contribution in [-0.4, -0.2) is 31.1 Å². The molecule has 2 aromatic rings. The van der Waals surface area contributed by atoms with Crippen LogP contribution in [0.2, 0.25) is 0 Å². The smallest absolute Gasteiger partial charge is 0.341 e. The molecule has 0 bridgehead atoms. The maximum atomic E-state index is 12.2. The van der Waals surface area contributed by atoms with Gasteiger partial charge in [-0.15, -0.1) is 11.3 Å². The molecule has 1 aromatic carbocycles. The fourth-order valence-electron chi connectivity index (χ4n) is 2.53. The summed E-state index contributed by atoms with van der Waals surface area (Å²) in [5.74, 6) is -1.79. The summed E-state index contributed by atoms with van der Waals surface area (Å²) >= 11 is 1.29. The van der Waals surface area contributed by atoms with Crippen LogP contribution in [0, 0.1) is 18.3 Å². The van der Waals surface area contributed by atoms with Crippen molar-refractivity contribution in [2.45, 2.75) is 27.2 Å². The molecule has 1 N–H and O–H groups in total. The van der Waals surface area contributed by atoms with Gasteiger partial charge in [-0.05, 0) is 44.0 Å². The minimum Gasteiger partial charge on any atom is -0.462 e. The number of ether oxygens (including phenoxy) is 2. The topological polar surface area (TPSA) is 105 Å². The summed E-state index contributed by atoms with van der Waals surface area (Å²) in [6.45, 7) is 5.17. The van der Waals surface area contributed by atoms with E-state index in [1.807, 2.05) is 13.0 Å². The summed E-state index contributed by atoms with van der Waals surface area (Å²) in [6.07, 6.45) is 0.711. The van der Waals surface area contributed by atoms with Crippen molar-refractivity contribution >= 4 is 34.2 Å². The Hall–Kier alpha value is -3.18. The predicted octanol–water partition coefficient (Wildman–Crippen LogP) is 3.46. The monoisotopic (exact) mass is 400 g/mol. The minimum atomic E-state index is -0.713. The summed E-state index contributed by atoms with van der Waals surface area (Å²) < 4.78 is 10.1. The van der Waals surface area contributed by atoms with Gasteiger partial charge in [-0.25, -0.2) is 9.59 Å². The lowest BCUT2D eigenvalue weighted by Gasteiger charge is -2.08. The fourth-order valence-corrected chi connectivity index (χ4v) is 3.68. The maximum absolute atomic E-state index is 12.2. The Kier molecular flexibility index (Phi) is 7.29. The summed E-state index contributed by atoms with van der Waals surface area (Å²) in [5, 5.41) is 11.9. The van der Waals surface area contributed by atoms with Crippen molar-refractivity contribution in [3.8, 4) is 6.07 Å². The second kappa shape index (κ2) is 9.67. The molecule has 1 heterocycles. The van der Waals surface area contributed by atoms with Gasteiger partial charge in [0.15, 0.2) is 6.61 Å². The highest BCUT2D eigenvalue weighted by molar-refractivity contribution is 7.17. The number of rotatable bonds is 7. The molecule has 8 heteroatoms. The zero-order valence-electron chi connectivity index (χ0n) is 15.8. The molecule has 0 atom stereocenters. The van der Waals surface area contributed by atoms with Crippen molar-refractivity contribution in [2.75, 3.05) is 18.5 Å². The number of nitrogens with one attached hydrogen (secondary N) is 1. The Bertz CT molecular complexity index is 943. The molecular formula is C20H20N2O5S. The van der Waals surface area contributed by atoms with Crippen molar-refractivity contribution in [1.82, 2.24) is 0 Å². The molecule has 0 radical (unpaired) electrons. The van der Waals surface area contributed by atoms with Gasteiger partial charge in [0.1, 0.15) is 5.00 Å². The first-order valence-corrected chi connectivity index (χ1v) is 9.49. The van der Waals surface area contributed by atoms with Crippen LogP contribution in [0.25, 0.3) is 0 Å². The minimum absolute atomic E-state index is 0.180. The number of carbonyl (C=O) groups is 3. The van der Waals surface area contributed by atoms with Gasteiger partial charge in [-0.3, -0.25) is 4.79 Å². The molecule has 0 aliphatic carbocycles. The lowest BCUT2D eigenvalue weighted by Crippen LogP contribution is -2.21. The number of benzene rings is 1. The maximum Gasteiger partial charge on any atom is 0.341 e. The third kappa shape index (κ3) is 4.96. The number of esters is 2. The van der Waals surface area contributed by atoms with Crippen LogP contribution in [0.4, 0.5) is 5.00 Å². The molecule has 7 nitrogen and oxygen atoms in total. The molecule has 1 amide bonds. The van der Waals surface area contributed by atoms with Crippen LogP contribution >= 0.6 is 11.3 Å². The summed E-state index contributed by atoms with van der Waals surface area (Å²) in [7, 11) is 0. The molecule has 0 spiro atoms. The van der Waals surface area contributed by atoms with Gasteiger partial charge < -0.3 is 14.8 Å². The van der Waals surface area contributed by atoms with Crippen LogP contribution in [-0.2, 0) is 20.7 Å². The van der Waals surface area contributed by atoms with E-state index in [-0.39, 0.29) is 12.2 Å². The van der Waals surface area contributed by atoms with Gasteiger partial charge in [-0.2, -0.15) is 5.26 Å². The van der Waals surface area contributed by atoms with Crippen LogP contribution in [0.5, 0.6) is 0 Å². The van der Waals surface area contributed by atoms with E-state index in [2.05, 4.69) is 5.32 Å². The average Bonchev–Trinajstić information content (AvgIpc) is 3.01. The number of nitriles is 1. The highest BCUT2D eigenvalue weighted by Gasteiger charge is 2.23. The van der Waals surface area contributed by atoms with Crippen LogP contribution in [0.15, 0.2) is 24.3 Å². The third-order valence-electron chi connectivity index (χ3n) is 3.86. The molecule has 146 valence electrons. The highest BCUT2D eigenvalue weighted by atomic mass is 32.1. The normalized spacial score (nSPS) is 10.1. The standard InChI is InChI=1S/C20H20N2O5S/c1-4-15-12(3)17(20(25)26-5-2)18(28-15)22-16(23)11-27-19(24)14-8-6-7-13(9-14)10-21/h6-9H,4-5,11H2,1-3H3,(H,22,23). The number of nitrogens with zero attached hydrogens (tertiary/aromatic N) is 1. The molecule has 2 rings (SSSR count). The first kappa shape index (κ1) is 21.1. The number of anilines is 1. The van der Waals surface area contributed by atoms with Crippen LogP contribution < -0.4 is 5.32 Å². The lowest BCUT2D eigenvalue weighted by molar-refractivity contribution is -0.119. The van der Waals surface area contributed by atoms with E-state index >= 15 is 0 Å². The number of aryl methyl sites for hydroxylation is 1. The molecule has 1 aromatic heterocycles. The van der Waals surface area contributed by atoms with Gasteiger partial charge in [0.25, 0.3) is 5.91 Å². The summed E-state index contributed by atoms with van der Waals surface area (Å²) in [4.78, 5) is 37.5. The van der Waals surface area contributed by atoms with E-state index < -0.39 is 24.5 Å². The van der Waals surface area contributed by atoms with Crippen molar-refractivity contribution < 1.29 is 23.9 Å². The molecule has 0 aliphatic heterocycles. The Morgan fingerprint density at radius 3 is 2.57 bits per heavy atom. The SMILES string of the molecule is CCOC(=O)c1c(NC(=O)COC(=O)c2cccc(C#N)c2)sc(CC)c1C. The number of amides is 1. The van der Waals surface area contributed by atoms with Gasteiger partial charge in [0.05, 0.1) is 29.4 Å². The fraction of sp³-hybridized carbons (Fsp3) is 0.300. The zero-order valence-corrected chi connectivity index (χ0v) is 16.6. The van der Waals surface area contributed by atoms with E-state index in [0.717, 1.165) is 10.4 Å². The van der Waals surface area contributed by atoms with Gasteiger partial charge in [0, 0.05) is 4.88 Å². The third-order valence-corrected chi connectivity index (χ3v) is 5.21. The van der Waals surface area contributed by atoms with Gasteiger partial charge in [-0.1, -0.05) is 13.0 Å². The Morgan fingerprint density at radius 2 is 1.93 bits per heavy atom. The predicted molar refractivity (Wildman–Crippen MR) is 104 cm³/mol. The number of carbonyl (C=O) groups excluding carboxylic acids is 3. The van der Waals surface area contributed by atoms with Crippen LogP contribution in [0.3, 0.4) is 0 Å². The van der Waals surface area contributed by atoms with Crippen molar-refractivity contribution in [2.24, 2.45) is 0 Å². The molecule has 0 aliphatic rings. The van der Waals surface area contributed by atoms with E-state index in [1.165, 1.54) is 23.5 Å². The second-order valence-electron chi connectivity index (χ2n) is 5.75. The molecule has 0 fully saturated rings. The first-order valence-electron chi connectivity index (χ1n) is 8.67. The quantitative estimate of drug-likeness (QED) is 0.714. The Labute approximate surface area is 166 Å². The summed E-state index contributed by atoms with van der Waals surface area (Å²) in [6, 6.07) is 7.93. The van der Waals surface area contributed by atoms with Gasteiger partial charge >= 0.3 is 11.9 Å². The number of hydrogen-bond acceptors (Lipinski definition) is 7. The van der Waals surface area contributed by atoms with Gasteiger partial charge in [0.2, 0.25) is 0 Å². The van der Waals surface area contributed by atoms with E-state index in [0.29, 0.717) is 22.5 Å². The zero-order chi connectivity index (χ0) is 20.7. The molecular weight excluding hydrogens is 380 g/mol. The van der Waals surface area contributed by atoms with Crippen molar-refractivity contribution in [3.05, 3.63) is 51.4 Å². The number of hydrogen-bond donors (Lipinski definition) is 1. The highest BCUT2D eigenvalue weighted by Crippen LogP contribution is 2.34. The second-order valence-corrected chi connectivity index (χ2v) is 6.85. The Morgan fingerprint density at radius 1 is 1.18 bits per heavy atom. The molecule has 0 unspecified atom stereocenters. The molecule has 0 saturated heterocycles. The lowest BCUT2D eigenvalue weighted by atomic mass is 10.1. The van der Waals surface area contributed by atoms with Crippen molar-refractivity contribution in [1.29, 1.82) is 5.26 Å². The molecule has 28 heavy (non-hydrogen) atoms.